The van der Waals surface area contributed by atoms with Gasteiger partial charge < -0.3 is 30.0 Å². The smallest absolute Gasteiger partial charge is 0.337 e. The highest BCUT2D eigenvalue weighted by atomic mass is 16.6. The summed E-state index contributed by atoms with van der Waals surface area (Å²) in [7, 11) is 4.06. The summed E-state index contributed by atoms with van der Waals surface area (Å²) in [5.41, 5.74) is 0.0284. The van der Waals surface area contributed by atoms with E-state index in [-0.39, 0.29) is 0 Å². The first-order chi connectivity index (χ1) is 12.1. The van der Waals surface area contributed by atoms with E-state index in [1.165, 1.54) is 14.2 Å². The maximum atomic E-state index is 12.4. The number of rotatable bonds is 8. The van der Waals surface area contributed by atoms with Crippen molar-refractivity contribution in [3.8, 4) is 5.75 Å². The Hall–Kier alpha value is -2.32. The van der Waals surface area contributed by atoms with Gasteiger partial charge in [0.15, 0.2) is 12.2 Å². The van der Waals surface area contributed by atoms with Gasteiger partial charge in [0.25, 0.3) is 5.91 Å². The van der Waals surface area contributed by atoms with Gasteiger partial charge in [-0.2, -0.15) is 0 Å². The Morgan fingerprint density at radius 3 is 2.08 bits per heavy atom. The molecule has 0 saturated heterocycles. The van der Waals surface area contributed by atoms with E-state index in [0.717, 1.165) is 0 Å². The number of ether oxygens (including phenoxy) is 3. The zero-order chi connectivity index (χ0) is 19.9. The highest BCUT2D eigenvalue weighted by Gasteiger charge is 2.39. The van der Waals surface area contributed by atoms with E-state index < -0.39 is 35.7 Å². The molecule has 0 fully saturated rings. The molecule has 0 unspecified atom stereocenters. The zero-order valence-corrected chi connectivity index (χ0v) is 16.0. The third-order valence-electron chi connectivity index (χ3n) is 3.54. The van der Waals surface area contributed by atoms with Crippen molar-refractivity contribution in [3.05, 3.63) is 24.3 Å². The Labute approximate surface area is 153 Å². The minimum atomic E-state index is -1.56. The molecule has 0 bridgehead atoms. The van der Waals surface area contributed by atoms with Crippen LogP contribution in [0.25, 0.3) is 0 Å². The summed E-state index contributed by atoms with van der Waals surface area (Å²) < 4.78 is 15.0. The molecule has 8 heteroatoms. The lowest BCUT2D eigenvalue weighted by atomic mass is 10.0. The molecule has 0 spiro atoms. The lowest BCUT2D eigenvalue weighted by molar-refractivity contribution is -0.156. The number of esters is 1. The van der Waals surface area contributed by atoms with Crippen molar-refractivity contribution in [1.29, 1.82) is 0 Å². The quantitative estimate of drug-likeness (QED) is 0.586. The molecule has 1 aromatic rings. The number of hydrogen-bond acceptors (Lipinski definition) is 7. The fourth-order valence-corrected chi connectivity index (χ4v) is 2.31. The van der Waals surface area contributed by atoms with E-state index >= 15 is 0 Å². The second kappa shape index (κ2) is 9.40. The lowest BCUT2D eigenvalue weighted by Crippen LogP contribution is -2.57. The topological polar surface area (TPSA) is 106 Å². The van der Waals surface area contributed by atoms with Crippen molar-refractivity contribution in [2.45, 2.75) is 44.6 Å². The zero-order valence-electron chi connectivity index (χ0n) is 16.0. The number of methoxy groups -OCH3 is 3. The lowest BCUT2D eigenvalue weighted by Gasteiger charge is -2.31. The van der Waals surface area contributed by atoms with Gasteiger partial charge in [0, 0.05) is 18.3 Å². The summed E-state index contributed by atoms with van der Waals surface area (Å²) in [5.74, 6) is -0.690. The van der Waals surface area contributed by atoms with Gasteiger partial charge in [-0.25, -0.2) is 4.79 Å². The Balaban J connectivity index is 3.10. The molecule has 1 aromatic carbocycles. The minimum Gasteiger partial charge on any atom is -0.497 e. The van der Waals surface area contributed by atoms with Gasteiger partial charge in [-0.15, -0.1) is 0 Å². The molecule has 0 radical (unpaired) electrons. The van der Waals surface area contributed by atoms with Crippen LogP contribution in [-0.2, 0) is 19.1 Å². The molecule has 3 N–H and O–H groups in total. The largest absolute Gasteiger partial charge is 0.497 e. The van der Waals surface area contributed by atoms with Gasteiger partial charge in [-0.05, 0) is 45.0 Å². The van der Waals surface area contributed by atoms with Crippen molar-refractivity contribution in [2.75, 3.05) is 26.6 Å². The normalized spacial score (nSPS) is 14.7. The average Bonchev–Trinajstić information content (AvgIpc) is 2.59. The van der Waals surface area contributed by atoms with E-state index in [1.54, 1.807) is 52.1 Å². The first-order valence-electron chi connectivity index (χ1n) is 8.14. The van der Waals surface area contributed by atoms with Gasteiger partial charge in [0.05, 0.1) is 20.3 Å². The molecule has 3 atom stereocenters. The van der Waals surface area contributed by atoms with Crippen molar-refractivity contribution >= 4 is 17.6 Å². The number of aliphatic hydroxyl groups is 1. The van der Waals surface area contributed by atoms with E-state index in [1.807, 2.05) is 0 Å². The first-order valence-corrected chi connectivity index (χ1v) is 8.14. The Bertz CT molecular complexity index is 597. The maximum Gasteiger partial charge on any atom is 0.337 e. The molecule has 146 valence electrons. The van der Waals surface area contributed by atoms with E-state index in [2.05, 4.69) is 10.6 Å². The predicted octanol–water partition coefficient (Wildman–Crippen LogP) is 0.939. The molecule has 0 aliphatic rings. The molecule has 0 aromatic heterocycles. The summed E-state index contributed by atoms with van der Waals surface area (Å²) in [5, 5.41) is 16.2. The summed E-state index contributed by atoms with van der Waals surface area (Å²) in [4.78, 5) is 24.4. The number of nitrogens with one attached hydrogen (secondary N) is 2. The monoisotopic (exact) mass is 368 g/mol. The second-order valence-corrected chi connectivity index (χ2v) is 6.76. The van der Waals surface area contributed by atoms with Crippen LogP contribution in [0.4, 0.5) is 5.69 Å². The second-order valence-electron chi connectivity index (χ2n) is 6.76. The molecule has 0 heterocycles. The van der Waals surface area contributed by atoms with Crippen molar-refractivity contribution in [3.63, 3.8) is 0 Å². The summed E-state index contributed by atoms with van der Waals surface area (Å²) >= 11 is 0. The highest BCUT2D eigenvalue weighted by Crippen LogP contribution is 2.19. The van der Waals surface area contributed by atoms with Crippen LogP contribution in [0.1, 0.15) is 20.8 Å². The molecule has 0 aliphatic carbocycles. The van der Waals surface area contributed by atoms with Crippen LogP contribution in [0.5, 0.6) is 5.75 Å². The summed E-state index contributed by atoms with van der Waals surface area (Å²) in [6, 6.07) is 5.75. The Morgan fingerprint density at radius 1 is 1.08 bits per heavy atom. The van der Waals surface area contributed by atoms with Gasteiger partial charge >= 0.3 is 5.97 Å². The van der Waals surface area contributed by atoms with Crippen molar-refractivity contribution < 1.29 is 28.9 Å². The van der Waals surface area contributed by atoms with E-state index in [9.17, 15) is 14.7 Å². The standard InChI is InChI=1S/C18H28N2O6/c1-18(2,3)20-16(22)14(21)13(15(25-5)17(23)26-6)19-11-7-9-12(24-4)10-8-11/h7-10,13-15,19,21H,1-6H3,(H,20,22)/t13-,14-,15+/m0/s1. The van der Waals surface area contributed by atoms with Crippen LogP contribution in [0, 0.1) is 0 Å². The molecule has 0 aliphatic heterocycles. The van der Waals surface area contributed by atoms with Crippen molar-refractivity contribution in [1.82, 2.24) is 5.32 Å². The SMILES string of the molecule is COC(=O)[C@H](OC)[C@@H](Nc1ccc(OC)cc1)[C@H](O)C(=O)NC(C)(C)C. The molecule has 26 heavy (non-hydrogen) atoms. The first kappa shape index (κ1) is 21.7. The Morgan fingerprint density at radius 2 is 1.65 bits per heavy atom. The fraction of sp³-hybridized carbons (Fsp3) is 0.556. The minimum absolute atomic E-state index is 0.545. The molecule has 1 amide bonds. The highest BCUT2D eigenvalue weighted by molar-refractivity contribution is 5.85. The van der Waals surface area contributed by atoms with Crippen LogP contribution in [0.3, 0.4) is 0 Å². The number of aliphatic hydroxyl groups excluding tert-OH is 1. The number of benzene rings is 1. The van der Waals surface area contributed by atoms with Crippen LogP contribution >= 0.6 is 0 Å². The van der Waals surface area contributed by atoms with E-state index in [4.69, 9.17) is 14.2 Å². The third-order valence-corrected chi connectivity index (χ3v) is 3.54. The summed E-state index contributed by atoms with van der Waals surface area (Å²) in [6.07, 6.45) is -2.75. The van der Waals surface area contributed by atoms with Gasteiger partial charge in [0.1, 0.15) is 5.75 Å². The maximum absolute atomic E-state index is 12.4. The average molecular weight is 368 g/mol. The number of carbonyl (C=O) groups excluding carboxylic acids is 2. The van der Waals surface area contributed by atoms with Crippen LogP contribution < -0.4 is 15.4 Å². The molecule has 1 rings (SSSR count). The van der Waals surface area contributed by atoms with Crippen LogP contribution in [0.15, 0.2) is 24.3 Å². The number of amides is 1. The number of anilines is 1. The number of hydrogen-bond donors (Lipinski definition) is 3. The molecular weight excluding hydrogens is 340 g/mol. The van der Waals surface area contributed by atoms with Crippen molar-refractivity contribution in [2.24, 2.45) is 0 Å². The number of carbonyl (C=O) groups is 2. The predicted molar refractivity (Wildman–Crippen MR) is 97.1 cm³/mol. The fourth-order valence-electron chi connectivity index (χ4n) is 2.31. The van der Waals surface area contributed by atoms with Crippen LogP contribution in [-0.4, -0.2) is 62.1 Å². The van der Waals surface area contributed by atoms with Gasteiger partial charge in [-0.1, -0.05) is 0 Å². The third kappa shape index (κ3) is 6.20. The summed E-state index contributed by atoms with van der Waals surface area (Å²) in [6.45, 7) is 5.37. The molecule has 0 saturated carbocycles. The Kier molecular flexibility index (Phi) is 7.85. The van der Waals surface area contributed by atoms with Crippen LogP contribution in [0.2, 0.25) is 0 Å². The van der Waals surface area contributed by atoms with Gasteiger partial charge in [-0.3, -0.25) is 4.79 Å². The van der Waals surface area contributed by atoms with E-state index in [0.29, 0.717) is 11.4 Å². The molecular formula is C18H28N2O6. The molecule has 8 nitrogen and oxygen atoms in total. The van der Waals surface area contributed by atoms with Gasteiger partial charge in [0.2, 0.25) is 0 Å².